The van der Waals surface area contributed by atoms with Crippen LogP contribution >= 0.6 is 0 Å². The molecular formula is C13H14O4. The molecule has 0 saturated heterocycles. The topological polar surface area (TPSA) is 44.8 Å². The number of carbonyl (C=O) groups excluding carboxylic acids is 1. The Labute approximate surface area is 100 Å². The van der Waals surface area contributed by atoms with Gasteiger partial charge in [0.15, 0.2) is 0 Å². The number of esters is 1. The van der Waals surface area contributed by atoms with Gasteiger partial charge in [-0.05, 0) is 12.1 Å². The van der Waals surface area contributed by atoms with Crippen molar-refractivity contribution in [2.45, 2.75) is 0 Å². The number of methoxy groups -OCH3 is 2. The maximum Gasteiger partial charge on any atom is 0.384 e. The summed E-state index contributed by atoms with van der Waals surface area (Å²) in [7, 11) is 2.89. The summed E-state index contributed by atoms with van der Waals surface area (Å²) in [5, 5.41) is 0. The van der Waals surface area contributed by atoms with Crippen molar-refractivity contribution in [3.05, 3.63) is 29.8 Å². The molecule has 0 radical (unpaired) electrons. The van der Waals surface area contributed by atoms with Crippen LogP contribution in [0.3, 0.4) is 0 Å². The van der Waals surface area contributed by atoms with Crippen LogP contribution in [0.4, 0.5) is 0 Å². The van der Waals surface area contributed by atoms with Gasteiger partial charge in [0.25, 0.3) is 0 Å². The number of benzene rings is 1. The summed E-state index contributed by atoms with van der Waals surface area (Å²) in [6.07, 6.45) is 0. The van der Waals surface area contributed by atoms with Gasteiger partial charge in [-0.1, -0.05) is 18.1 Å². The molecule has 0 amide bonds. The maximum absolute atomic E-state index is 10.9. The number of ether oxygens (including phenoxy) is 3. The molecule has 0 saturated carbocycles. The lowest BCUT2D eigenvalue weighted by molar-refractivity contribution is -0.133. The predicted molar refractivity (Wildman–Crippen MR) is 62.7 cm³/mol. The zero-order valence-electron chi connectivity index (χ0n) is 9.86. The first-order chi connectivity index (χ1) is 8.27. The summed E-state index contributed by atoms with van der Waals surface area (Å²) in [6.45, 7) is 0.937. The molecule has 0 N–H and O–H groups in total. The minimum atomic E-state index is -0.573. The van der Waals surface area contributed by atoms with Crippen molar-refractivity contribution in [2.75, 3.05) is 27.4 Å². The number of rotatable bonds is 4. The van der Waals surface area contributed by atoms with Crippen molar-refractivity contribution < 1.29 is 19.0 Å². The van der Waals surface area contributed by atoms with E-state index in [0.29, 0.717) is 24.5 Å². The van der Waals surface area contributed by atoms with Gasteiger partial charge in [-0.2, -0.15) is 0 Å². The van der Waals surface area contributed by atoms with Crippen LogP contribution in [0.2, 0.25) is 0 Å². The normalized spacial score (nSPS) is 9.06. The number of hydrogen-bond donors (Lipinski definition) is 0. The summed E-state index contributed by atoms with van der Waals surface area (Å²) in [6, 6.07) is 7.23. The average molecular weight is 234 g/mol. The minimum absolute atomic E-state index is 0.438. The monoisotopic (exact) mass is 234 g/mol. The molecule has 0 aliphatic carbocycles. The molecule has 0 spiro atoms. The molecule has 4 heteroatoms. The summed E-state index contributed by atoms with van der Waals surface area (Å²) in [5.74, 6) is 5.11. The number of para-hydroxylation sites is 1. The molecule has 0 atom stereocenters. The highest BCUT2D eigenvalue weighted by Crippen LogP contribution is 2.16. The molecule has 0 unspecified atom stereocenters. The fraction of sp³-hybridized carbons (Fsp3) is 0.308. The van der Waals surface area contributed by atoms with Crippen LogP contribution < -0.4 is 4.74 Å². The number of hydrogen-bond acceptors (Lipinski definition) is 4. The van der Waals surface area contributed by atoms with E-state index >= 15 is 0 Å². The van der Waals surface area contributed by atoms with Gasteiger partial charge >= 0.3 is 5.97 Å². The quantitative estimate of drug-likeness (QED) is 0.446. The second-order valence-electron chi connectivity index (χ2n) is 3.08. The summed E-state index contributed by atoms with van der Waals surface area (Å²) in [4.78, 5) is 10.9. The lowest BCUT2D eigenvalue weighted by Gasteiger charge is -2.06. The largest absolute Gasteiger partial charge is 0.490 e. The zero-order valence-corrected chi connectivity index (χ0v) is 9.86. The van der Waals surface area contributed by atoms with Crippen molar-refractivity contribution >= 4 is 5.97 Å². The van der Waals surface area contributed by atoms with Crippen LogP contribution in [0.15, 0.2) is 24.3 Å². The van der Waals surface area contributed by atoms with Crippen molar-refractivity contribution in [3.8, 4) is 17.6 Å². The fourth-order valence-electron chi connectivity index (χ4n) is 1.10. The third kappa shape index (κ3) is 4.58. The third-order valence-corrected chi connectivity index (χ3v) is 1.92. The Morgan fingerprint density at radius 3 is 2.71 bits per heavy atom. The molecule has 1 aromatic rings. The summed E-state index contributed by atoms with van der Waals surface area (Å²) >= 11 is 0. The van der Waals surface area contributed by atoms with E-state index in [9.17, 15) is 4.79 Å². The highest BCUT2D eigenvalue weighted by Gasteiger charge is 2.00. The molecule has 4 nitrogen and oxygen atoms in total. The smallest absolute Gasteiger partial charge is 0.384 e. The molecule has 0 aliphatic heterocycles. The Morgan fingerprint density at radius 1 is 1.24 bits per heavy atom. The van der Waals surface area contributed by atoms with Crippen molar-refractivity contribution in [3.63, 3.8) is 0 Å². The molecule has 1 aromatic carbocycles. The van der Waals surface area contributed by atoms with Crippen molar-refractivity contribution in [2.24, 2.45) is 0 Å². The molecule has 17 heavy (non-hydrogen) atoms. The fourth-order valence-corrected chi connectivity index (χ4v) is 1.10. The van der Waals surface area contributed by atoms with Crippen molar-refractivity contribution in [1.29, 1.82) is 0 Å². The second-order valence-corrected chi connectivity index (χ2v) is 3.08. The van der Waals surface area contributed by atoms with E-state index in [1.807, 2.05) is 12.1 Å². The molecule has 1 rings (SSSR count). The first kappa shape index (κ1) is 13.1. The Hall–Kier alpha value is -1.99. The van der Waals surface area contributed by atoms with Gasteiger partial charge < -0.3 is 14.2 Å². The van der Waals surface area contributed by atoms with Crippen LogP contribution in [-0.4, -0.2) is 33.4 Å². The van der Waals surface area contributed by atoms with Gasteiger partial charge in [-0.15, -0.1) is 0 Å². The van der Waals surface area contributed by atoms with Gasteiger partial charge in [-0.3, -0.25) is 0 Å². The van der Waals surface area contributed by atoms with Crippen LogP contribution in [0.5, 0.6) is 5.75 Å². The third-order valence-electron chi connectivity index (χ3n) is 1.92. The van der Waals surface area contributed by atoms with Gasteiger partial charge in [0.2, 0.25) is 0 Å². The Balaban J connectivity index is 2.76. The van der Waals surface area contributed by atoms with Gasteiger partial charge in [0.1, 0.15) is 12.4 Å². The lowest BCUT2D eigenvalue weighted by atomic mass is 10.2. The zero-order chi connectivity index (χ0) is 12.5. The minimum Gasteiger partial charge on any atom is -0.490 e. The van der Waals surface area contributed by atoms with E-state index in [1.54, 1.807) is 19.2 Å². The van der Waals surface area contributed by atoms with Gasteiger partial charge in [-0.25, -0.2) is 4.79 Å². The Kier molecular flexibility index (Phi) is 5.62. The second kappa shape index (κ2) is 7.31. The predicted octanol–water partition coefficient (Wildman–Crippen LogP) is 1.24. The summed E-state index contributed by atoms with van der Waals surface area (Å²) < 4.78 is 14.8. The lowest BCUT2D eigenvalue weighted by Crippen LogP contribution is -2.05. The van der Waals surface area contributed by atoms with E-state index in [0.717, 1.165) is 0 Å². The van der Waals surface area contributed by atoms with Gasteiger partial charge in [0.05, 0.1) is 19.3 Å². The molecule has 0 fully saturated rings. The Bertz CT molecular complexity index is 429. The van der Waals surface area contributed by atoms with E-state index in [2.05, 4.69) is 16.6 Å². The maximum atomic E-state index is 10.9. The van der Waals surface area contributed by atoms with E-state index in [-0.39, 0.29) is 0 Å². The Morgan fingerprint density at radius 2 is 2.00 bits per heavy atom. The molecular weight excluding hydrogens is 220 g/mol. The SMILES string of the molecule is COCCOc1ccccc1C#CC(=O)OC. The molecule has 0 bridgehead atoms. The molecule has 0 heterocycles. The van der Waals surface area contributed by atoms with Gasteiger partial charge in [0, 0.05) is 13.0 Å². The van der Waals surface area contributed by atoms with Crippen LogP contribution in [0.25, 0.3) is 0 Å². The van der Waals surface area contributed by atoms with E-state index in [1.165, 1.54) is 7.11 Å². The van der Waals surface area contributed by atoms with E-state index in [4.69, 9.17) is 9.47 Å². The first-order valence-corrected chi connectivity index (χ1v) is 5.08. The van der Waals surface area contributed by atoms with Crippen LogP contribution in [0, 0.1) is 11.8 Å². The average Bonchev–Trinajstić information content (AvgIpc) is 2.37. The highest BCUT2D eigenvalue weighted by molar-refractivity contribution is 5.89. The number of carbonyl (C=O) groups is 1. The molecule has 0 aromatic heterocycles. The van der Waals surface area contributed by atoms with E-state index < -0.39 is 5.97 Å². The first-order valence-electron chi connectivity index (χ1n) is 5.08. The highest BCUT2D eigenvalue weighted by atomic mass is 16.5. The van der Waals surface area contributed by atoms with Crippen molar-refractivity contribution in [1.82, 2.24) is 0 Å². The molecule has 0 aliphatic rings. The standard InChI is InChI=1S/C13H14O4/c1-15-9-10-17-12-6-4-3-5-11(12)7-8-13(14)16-2/h3-6H,9-10H2,1-2H3. The van der Waals surface area contributed by atoms with Crippen LogP contribution in [-0.2, 0) is 14.3 Å². The van der Waals surface area contributed by atoms with Crippen LogP contribution in [0.1, 0.15) is 5.56 Å². The summed E-state index contributed by atoms with van der Waals surface area (Å²) in [5.41, 5.74) is 0.647. The molecule has 90 valence electrons.